The number of hydrogen-bond acceptors (Lipinski definition) is 3. The van der Waals surface area contributed by atoms with Crippen LogP contribution in [0.4, 0.5) is 0 Å². The lowest BCUT2D eigenvalue weighted by Gasteiger charge is -2.17. The van der Waals surface area contributed by atoms with Gasteiger partial charge in [0.05, 0.1) is 11.1 Å². The number of halogens is 1. The second-order valence-corrected chi connectivity index (χ2v) is 6.13. The standard InChI is InChI=1S/C17H16ClN3O3/c18-12-6-14(16(23)19-8-12)17(24)20-13-7-15(22)21(10-13)9-11-4-2-1-3-5-11/h1-6,8,13H,7,9-10H2,(H,19,23)(H,20,24)/t13-/m0/s1. The molecule has 1 atom stereocenters. The molecule has 2 aromatic rings. The highest BCUT2D eigenvalue weighted by atomic mass is 35.5. The molecule has 1 fully saturated rings. The SMILES string of the molecule is O=C(N[C@H]1CC(=O)N(Cc2ccccc2)C1)c1cc(Cl)c[nH]c1=O. The second kappa shape index (κ2) is 6.88. The quantitative estimate of drug-likeness (QED) is 0.882. The van der Waals surface area contributed by atoms with E-state index in [1.54, 1.807) is 4.90 Å². The number of hydrogen-bond donors (Lipinski definition) is 2. The number of aromatic nitrogens is 1. The topological polar surface area (TPSA) is 82.3 Å². The minimum Gasteiger partial charge on any atom is -0.347 e. The van der Waals surface area contributed by atoms with E-state index in [1.165, 1.54) is 12.3 Å². The zero-order valence-corrected chi connectivity index (χ0v) is 13.5. The average molecular weight is 346 g/mol. The summed E-state index contributed by atoms with van der Waals surface area (Å²) in [4.78, 5) is 40.1. The Morgan fingerprint density at radius 1 is 1.29 bits per heavy atom. The third kappa shape index (κ3) is 3.65. The normalized spacial score (nSPS) is 17.1. The molecule has 0 bridgehead atoms. The summed E-state index contributed by atoms with van der Waals surface area (Å²) in [6.07, 6.45) is 1.54. The molecule has 2 N–H and O–H groups in total. The number of likely N-dealkylation sites (tertiary alicyclic amines) is 1. The van der Waals surface area contributed by atoms with Gasteiger partial charge in [-0.15, -0.1) is 0 Å². The Morgan fingerprint density at radius 3 is 2.79 bits per heavy atom. The van der Waals surface area contributed by atoms with Crippen LogP contribution in [-0.2, 0) is 11.3 Å². The van der Waals surface area contributed by atoms with Crippen LogP contribution >= 0.6 is 11.6 Å². The maximum absolute atomic E-state index is 12.2. The summed E-state index contributed by atoms with van der Waals surface area (Å²) in [5.41, 5.74) is 0.461. The Morgan fingerprint density at radius 2 is 2.04 bits per heavy atom. The van der Waals surface area contributed by atoms with Gasteiger partial charge in [0.2, 0.25) is 5.91 Å². The predicted molar refractivity (Wildman–Crippen MR) is 89.8 cm³/mol. The number of carbonyl (C=O) groups excluding carboxylic acids is 2. The van der Waals surface area contributed by atoms with E-state index >= 15 is 0 Å². The van der Waals surface area contributed by atoms with Crippen LogP contribution in [0.5, 0.6) is 0 Å². The van der Waals surface area contributed by atoms with Crippen molar-refractivity contribution in [2.75, 3.05) is 6.54 Å². The molecule has 2 amide bonds. The lowest BCUT2D eigenvalue weighted by Crippen LogP contribution is -2.39. The van der Waals surface area contributed by atoms with Crippen LogP contribution in [0.2, 0.25) is 5.02 Å². The van der Waals surface area contributed by atoms with Crippen molar-refractivity contribution >= 4 is 23.4 Å². The highest BCUT2D eigenvalue weighted by Gasteiger charge is 2.31. The van der Waals surface area contributed by atoms with Gasteiger partial charge in [-0.25, -0.2) is 0 Å². The number of pyridine rings is 1. The first kappa shape index (κ1) is 16.3. The zero-order chi connectivity index (χ0) is 17.1. The minimum absolute atomic E-state index is 0.0239. The molecule has 2 heterocycles. The zero-order valence-electron chi connectivity index (χ0n) is 12.8. The number of benzene rings is 1. The van der Waals surface area contributed by atoms with Crippen molar-refractivity contribution in [3.05, 3.63) is 69.1 Å². The molecule has 24 heavy (non-hydrogen) atoms. The number of nitrogens with one attached hydrogen (secondary N) is 2. The summed E-state index contributed by atoms with van der Waals surface area (Å²) in [5.74, 6) is -0.553. The molecule has 1 aliphatic rings. The van der Waals surface area contributed by atoms with E-state index in [9.17, 15) is 14.4 Å². The van der Waals surface area contributed by atoms with Crippen molar-refractivity contribution in [1.29, 1.82) is 0 Å². The van der Waals surface area contributed by atoms with Crippen LogP contribution in [0.15, 0.2) is 47.4 Å². The summed E-state index contributed by atoms with van der Waals surface area (Å²) < 4.78 is 0. The number of nitrogens with zero attached hydrogens (tertiary/aromatic N) is 1. The highest BCUT2D eigenvalue weighted by molar-refractivity contribution is 6.30. The number of amides is 2. The van der Waals surface area contributed by atoms with Gasteiger partial charge in [0.1, 0.15) is 5.56 Å². The Hall–Kier alpha value is -2.60. The first-order chi connectivity index (χ1) is 11.5. The Bertz CT molecular complexity index is 819. The molecule has 1 aromatic heterocycles. The molecule has 0 aliphatic carbocycles. The molecule has 1 saturated heterocycles. The summed E-state index contributed by atoms with van der Waals surface area (Å²) in [6, 6.07) is 10.6. The van der Waals surface area contributed by atoms with Gasteiger partial charge >= 0.3 is 0 Å². The van der Waals surface area contributed by atoms with Gasteiger partial charge < -0.3 is 15.2 Å². The molecule has 0 unspecified atom stereocenters. The van der Waals surface area contributed by atoms with Crippen molar-refractivity contribution in [3.63, 3.8) is 0 Å². The number of carbonyl (C=O) groups is 2. The molecule has 0 radical (unpaired) electrons. The molecule has 0 spiro atoms. The van der Waals surface area contributed by atoms with Gasteiger partial charge in [-0.3, -0.25) is 14.4 Å². The fourth-order valence-electron chi connectivity index (χ4n) is 2.71. The maximum atomic E-state index is 12.2. The highest BCUT2D eigenvalue weighted by Crippen LogP contribution is 2.15. The van der Waals surface area contributed by atoms with Gasteiger partial charge in [0, 0.05) is 25.7 Å². The van der Waals surface area contributed by atoms with Crippen LogP contribution in [0.1, 0.15) is 22.3 Å². The summed E-state index contributed by atoms with van der Waals surface area (Å²) in [7, 11) is 0. The average Bonchev–Trinajstić information content (AvgIpc) is 2.90. The fraction of sp³-hybridized carbons (Fsp3) is 0.235. The van der Waals surface area contributed by atoms with Crippen LogP contribution in [0, 0.1) is 0 Å². The number of H-pyrrole nitrogens is 1. The van der Waals surface area contributed by atoms with Gasteiger partial charge in [-0.2, -0.15) is 0 Å². The smallest absolute Gasteiger partial charge is 0.260 e. The van der Waals surface area contributed by atoms with Gasteiger partial charge in [-0.1, -0.05) is 41.9 Å². The lowest BCUT2D eigenvalue weighted by atomic mass is 10.2. The summed E-state index contributed by atoms with van der Waals surface area (Å²) in [5, 5.41) is 3.00. The Kier molecular flexibility index (Phi) is 4.66. The van der Waals surface area contributed by atoms with E-state index in [2.05, 4.69) is 10.3 Å². The molecule has 124 valence electrons. The van der Waals surface area contributed by atoms with Crippen LogP contribution < -0.4 is 10.9 Å². The van der Waals surface area contributed by atoms with Crippen molar-refractivity contribution in [2.24, 2.45) is 0 Å². The van der Waals surface area contributed by atoms with Crippen molar-refractivity contribution < 1.29 is 9.59 Å². The number of aromatic amines is 1. The second-order valence-electron chi connectivity index (χ2n) is 5.70. The van der Waals surface area contributed by atoms with E-state index in [4.69, 9.17) is 11.6 Å². The van der Waals surface area contributed by atoms with Crippen LogP contribution in [0.25, 0.3) is 0 Å². The largest absolute Gasteiger partial charge is 0.347 e. The lowest BCUT2D eigenvalue weighted by molar-refractivity contribution is -0.128. The van der Waals surface area contributed by atoms with Crippen molar-refractivity contribution in [3.8, 4) is 0 Å². The molecule has 3 rings (SSSR count). The Balaban J connectivity index is 1.65. The number of rotatable bonds is 4. The monoisotopic (exact) mass is 345 g/mol. The minimum atomic E-state index is -0.530. The van der Waals surface area contributed by atoms with Gasteiger partial charge in [0.15, 0.2) is 0 Å². The first-order valence-corrected chi connectivity index (χ1v) is 7.91. The summed E-state index contributed by atoms with van der Waals surface area (Å²) in [6.45, 7) is 0.918. The summed E-state index contributed by atoms with van der Waals surface area (Å²) >= 11 is 5.80. The fourth-order valence-corrected chi connectivity index (χ4v) is 2.88. The molecule has 1 aromatic carbocycles. The molecular formula is C17H16ClN3O3. The predicted octanol–water partition coefficient (Wildman–Crippen LogP) is 1.56. The molecule has 7 heteroatoms. The first-order valence-electron chi connectivity index (χ1n) is 7.54. The third-order valence-corrected chi connectivity index (χ3v) is 4.10. The Labute approximate surface area is 143 Å². The molecular weight excluding hydrogens is 330 g/mol. The third-order valence-electron chi connectivity index (χ3n) is 3.88. The van der Waals surface area contributed by atoms with Crippen molar-refractivity contribution in [1.82, 2.24) is 15.2 Å². The maximum Gasteiger partial charge on any atom is 0.260 e. The van der Waals surface area contributed by atoms with Gasteiger partial charge in [-0.05, 0) is 11.6 Å². The molecule has 0 saturated carbocycles. The van der Waals surface area contributed by atoms with Crippen LogP contribution in [0.3, 0.4) is 0 Å². The van der Waals surface area contributed by atoms with E-state index in [0.29, 0.717) is 13.1 Å². The van der Waals surface area contributed by atoms with Gasteiger partial charge in [0.25, 0.3) is 11.5 Å². The van der Waals surface area contributed by atoms with Crippen LogP contribution in [-0.4, -0.2) is 34.3 Å². The van der Waals surface area contributed by atoms with E-state index in [0.717, 1.165) is 5.56 Å². The van der Waals surface area contributed by atoms with E-state index in [1.807, 2.05) is 30.3 Å². The van der Waals surface area contributed by atoms with E-state index in [-0.39, 0.29) is 29.0 Å². The van der Waals surface area contributed by atoms with Crippen molar-refractivity contribution in [2.45, 2.75) is 19.0 Å². The molecule has 1 aliphatic heterocycles. The molecule has 6 nitrogen and oxygen atoms in total. The van der Waals surface area contributed by atoms with E-state index < -0.39 is 11.5 Å².